The number of nitrogens with zero attached hydrogens (tertiary/aromatic N) is 1. The molecule has 1 fully saturated rings. The summed E-state index contributed by atoms with van der Waals surface area (Å²) >= 11 is 0. The van der Waals surface area contributed by atoms with Crippen molar-refractivity contribution in [3.05, 3.63) is 66.2 Å². The lowest BCUT2D eigenvalue weighted by Crippen LogP contribution is -2.12. The number of Topliss-reactive ketones (excluding diaryl/α,β-unsaturated/α-hetero) is 1. The van der Waals surface area contributed by atoms with Gasteiger partial charge < -0.3 is 9.73 Å². The Morgan fingerprint density at radius 2 is 1.68 bits per heavy atom. The molecule has 25 heavy (non-hydrogen) atoms. The molecule has 1 saturated heterocycles. The van der Waals surface area contributed by atoms with E-state index in [-0.39, 0.29) is 11.8 Å². The molecule has 2 heterocycles. The molecule has 1 N–H and O–H groups in total. The van der Waals surface area contributed by atoms with E-state index in [1.54, 1.807) is 13.2 Å². The van der Waals surface area contributed by atoms with Crippen LogP contribution in [0.4, 0.5) is 0 Å². The molecule has 4 rings (SSSR count). The summed E-state index contributed by atoms with van der Waals surface area (Å²) in [6, 6.07) is 16.2. The van der Waals surface area contributed by atoms with Crippen LogP contribution in [0.15, 0.2) is 59.2 Å². The molecule has 4 nitrogen and oxygen atoms in total. The van der Waals surface area contributed by atoms with E-state index in [2.05, 4.69) is 34.6 Å². The maximum atomic E-state index is 11.4. The van der Waals surface area contributed by atoms with Crippen molar-refractivity contribution in [2.24, 2.45) is 0 Å². The highest BCUT2D eigenvalue weighted by Gasteiger charge is 2.21. The zero-order valence-corrected chi connectivity index (χ0v) is 14.2. The molecule has 0 saturated carbocycles. The standard InChI is InChI=1S/C21H20N2O2/c1-14(24)15-4-6-16(7-5-15)17-8-10-18(11-9-17)20-13-25-21(23-20)19-3-2-12-22-19/h4-11,13,19,22H,2-3,12H2,1H3/t19-/m0/s1. The lowest BCUT2D eigenvalue weighted by atomic mass is 10.0. The van der Waals surface area contributed by atoms with Crippen molar-refractivity contribution in [2.75, 3.05) is 6.54 Å². The molecule has 1 aliphatic rings. The minimum atomic E-state index is 0.0838. The molecule has 0 aliphatic carbocycles. The lowest BCUT2D eigenvalue weighted by molar-refractivity contribution is 0.101. The first-order chi connectivity index (χ1) is 12.2. The average molecular weight is 332 g/mol. The second-order valence-electron chi connectivity index (χ2n) is 6.43. The van der Waals surface area contributed by atoms with E-state index in [4.69, 9.17) is 4.42 Å². The first-order valence-corrected chi connectivity index (χ1v) is 8.61. The van der Waals surface area contributed by atoms with Crippen LogP contribution in [0.1, 0.15) is 42.1 Å². The zero-order valence-electron chi connectivity index (χ0n) is 14.2. The van der Waals surface area contributed by atoms with Crippen molar-refractivity contribution in [2.45, 2.75) is 25.8 Å². The van der Waals surface area contributed by atoms with Gasteiger partial charge in [0.05, 0.1) is 6.04 Å². The van der Waals surface area contributed by atoms with Crippen LogP contribution in [-0.4, -0.2) is 17.3 Å². The molecule has 0 bridgehead atoms. The normalized spacial score (nSPS) is 16.9. The molecule has 3 aromatic rings. The van der Waals surface area contributed by atoms with Gasteiger partial charge in [0.15, 0.2) is 5.78 Å². The fourth-order valence-corrected chi connectivity index (χ4v) is 3.21. The second-order valence-corrected chi connectivity index (χ2v) is 6.43. The molecule has 1 aromatic heterocycles. The molecular formula is C21H20N2O2. The quantitative estimate of drug-likeness (QED) is 0.707. The van der Waals surface area contributed by atoms with Gasteiger partial charge in [-0.3, -0.25) is 4.79 Å². The van der Waals surface area contributed by atoms with Crippen molar-refractivity contribution in [3.8, 4) is 22.4 Å². The Morgan fingerprint density at radius 1 is 1.04 bits per heavy atom. The smallest absolute Gasteiger partial charge is 0.211 e. The van der Waals surface area contributed by atoms with Crippen LogP contribution in [-0.2, 0) is 0 Å². The summed E-state index contributed by atoms with van der Waals surface area (Å²) in [6.45, 7) is 2.61. The highest BCUT2D eigenvalue weighted by molar-refractivity contribution is 5.94. The Kier molecular flexibility index (Phi) is 4.20. The van der Waals surface area contributed by atoms with Gasteiger partial charge in [0.25, 0.3) is 0 Å². The molecule has 1 aliphatic heterocycles. The van der Waals surface area contributed by atoms with Gasteiger partial charge in [0.1, 0.15) is 12.0 Å². The summed E-state index contributed by atoms with van der Waals surface area (Å²) in [7, 11) is 0. The van der Waals surface area contributed by atoms with Crippen molar-refractivity contribution < 1.29 is 9.21 Å². The van der Waals surface area contributed by atoms with Crippen LogP contribution < -0.4 is 5.32 Å². The first-order valence-electron chi connectivity index (χ1n) is 8.61. The molecule has 1 atom stereocenters. The monoisotopic (exact) mass is 332 g/mol. The summed E-state index contributed by atoms with van der Waals surface area (Å²) in [5, 5.41) is 3.40. The predicted octanol–water partition coefficient (Wildman–Crippen LogP) is 4.64. The summed E-state index contributed by atoms with van der Waals surface area (Å²) in [5.74, 6) is 0.858. The molecule has 0 unspecified atom stereocenters. The predicted molar refractivity (Wildman–Crippen MR) is 97.4 cm³/mol. The number of hydrogen-bond acceptors (Lipinski definition) is 4. The minimum Gasteiger partial charge on any atom is -0.447 e. The van der Waals surface area contributed by atoms with E-state index < -0.39 is 0 Å². The Bertz CT molecular complexity index is 873. The summed E-state index contributed by atoms with van der Waals surface area (Å²) in [6.07, 6.45) is 3.97. The molecule has 126 valence electrons. The van der Waals surface area contributed by atoms with Crippen LogP contribution in [0.5, 0.6) is 0 Å². The van der Waals surface area contributed by atoms with Crippen LogP contribution in [0.3, 0.4) is 0 Å². The number of benzene rings is 2. The topological polar surface area (TPSA) is 55.1 Å². The summed E-state index contributed by atoms with van der Waals surface area (Å²) in [4.78, 5) is 16.0. The number of rotatable bonds is 4. The maximum Gasteiger partial charge on any atom is 0.211 e. The third-order valence-corrected chi connectivity index (χ3v) is 4.69. The van der Waals surface area contributed by atoms with E-state index in [1.807, 2.05) is 24.3 Å². The Hall–Kier alpha value is -2.72. The van der Waals surface area contributed by atoms with Gasteiger partial charge in [-0.05, 0) is 37.4 Å². The highest BCUT2D eigenvalue weighted by Crippen LogP contribution is 2.28. The van der Waals surface area contributed by atoms with E-state index in [0.717, 1.165) is 46.8 Å². The van der Waals surface area contributed by atoms with Gasteiger partial charge in [-0.2, -0.15) is 0 Å². The SMILES string of the molecule is CC(=O)c1ccc(-c2ccc(-c3coc([C@@H]4CCCN4)n3)cc2)cc1. The highest BCUT2D eigenvalue weighted by atomic mass is 16.3. The maximum absolute atomic E-state index is 11.4. The van der Waals surface area contributed by atoms with Crippen LogP contribution in [0.2, 0.25) is 0 Å². The number of carbonyl (C=O) groups is 1. The van der Waals surface area contributed by atoms with Gasteiger partial charge >= 0.3 is 0 Å². The minimum absolute atomic E-state index is 0.0838. The first kappa shape index (κ1) is 15.8. The van der Waals surface area contributed by atoms with Crippen molar-refractivity contribution in [3.63, 3.8) is 0 Å². The Labute approximate surface area is 146 Å². The van der Waals surface area contributed by atoms with Crippen LogP contribution in [0.25, 0.3) is 22.4 Å². The largest absolute Gasteiger partial charge is 0.447 e. The molecule has 0 radical (unpaired) electrons. The zero-order chi connectivity index (χ0) is 17.2. The van der Waals surface area contributed by atoms with Crippen molar-refractivity contribution in [1.82, 2.24) is 10.3 Å². The van der Waals surface area contributed by atoms with E-state index in [1.165, 1.54) is 6.42 Å². The third-order valence-electron chi connectivity index (χ3n) is 4.69. The Morgan fingerprint density at radius 3 is 2.28 bits per heavy atom. The number of ketones is 1. The number of aromatic nitrogens is 1. The second kappa shape index (κ2) is 6.65. The van der Waals surface area contributed by atoms with E-state index in [9.17, 15) is 4.79 Å². The molecule has 4 heteroatoms. The number of hydrogen-bond donors (Lipinski definition) is 1. The summed E-state index contributed by atoms with van der Waals surface area (Å²) in [5.41, 5.74) is 4.84. The fraction of sp³-hybridized carbons (Fsp3) is 0.238. The fourth-order valence-electron chi connectivity index (χ4n) is 3.21. The van der Waals surface area contributed by atoms with Gasteiger partial charge in [-0.15, -0.1) is 0 Å². The molecule has 2 aromatic carbocycles. The number of oxazole rings is 1. The average Bonchev–Trinajstić information content (AvgIpc) is 3.33. The molecular weight excluding hydrogens is 312 g/mol. The molecule has 0 amide bonds. The van der Waals surface area contributed by atoms with Crippen molar-refractivity contribution >= 4 is 5.78 Å². The van der Waals surface area contributed by atoms with Gasteiger partial charge in [-0.1, -0.05) is 48.5 Å². The van der Waals surface area contributed by atoms with Gasteiger partial charge in [-0.25, -0.2) is 4.98 Å². The van der Waals surface area contributed by atoms with E-state index >= 15 is 0 Å². The van der Waals surface area contributed by atoms with Gasteiger partial charge in [0, 0.05) is 11.1 Å². The summed E-state index contributed by atoms with van der Waals surface area (Å²) < 4.78 is 5.65. The van der Waals surface area contributed by atoms with Crippen LogP contribution in [0, 0.1) is 0 Å². The van der Waals surface area contributed by atoms with Crippen LogP contribution >= 0.6 is 0 Å². The lowest BCUT2D eigenvalue weighted by Gasteiger charge is -2.04. The molecule has 0 spiro atoms. The van der Waals surface area contributed by atoms with Gasteiger partial charge in [0.2, 0.25) is 5.89 Å². The Balaban J connectivity index is 1.54. The third kappa shape index (κ3) is 3.26. The number of carbonyl (C=O) groups excluding carboxylic acids is 1. The number of nitrogens with one attached hydrogen (secondary N) is 1. The van der Waals surface area contributed by atoms with E-state index in [0.29, 0.717) is 0 Å². The van der Waals surface area contributed by atoms with Crippen molar-refractivity contribution in [1.29, 1.82) is 0 Å².